The highest BCUT2D eigenvalue weighted by molar-refractivity contribution is 5.90. The van der Waals surface area contributed by atoms with Gasteiger partial charge in [-0.2, -0.15) is 5.10 Å². The molecule has 2 heterocycles. The summed E-state index contributed by atoms with van der Waals surface area (Å²) < 4.78 is 11.0. The molecule has 2 aromatic rings. The maximum absolute atomic E-state index is 12.2. The maximum atomic E-state index is 12.2. The number of hydrogen-bond donors (Lipinski definition) is 2. The molecule has 0 bridgehead atoms. The van der Waals surface area contributed by atoms with Crippen molar-refractivity contribution in [3.63, 3.8) is 0 Å². The van der Waals surface area contributed by atoms with E-state index in [1.807, 2.05) is 51.1 Å². The fraction of sp³-hybridized carbons (Fsp3) is 0.476. The number of amides is 2. The molecule has 3 rings (SSSR count). The SMILES string of the molecule is CC(C)(C)OC(=O)N1CCc2c(NC(=O)CCCOc3ccccc3)n[nH]c2C1. The van der Waals surface area contributed by atoms with Gasteiger partial charge in [0.05, 0.1) is 18.8 Å². The van der Waals surface area contributed by atoms with Gasteiger partial charge in [0.25, 0.3) is 0 Å². The Bertz CT molecular complexity index is 842. The smallest absolute Gasteiger partial charge is 0.410 e. The highest BCUT2D eigenvalue weighted by atomic mass is 16.6. The molecular formula is C21H28N4O4. The molecule has 1 aromatic heterocycles. The molecule has 1 aliphatic heterocycles. The number of nitrogens with one attached hydrogen (secondary N) is 2. The van der Waals surface area contributed by atoms with E-state index < -0.39 is 5.60 Å². The monoisotopic (exact) mass is 400 g/mol. The van der Waals surface area contributed by atoms with Gasteiger partial charge in [0.15, 0.2) is 5.82 Å². The van der Waals surface area contributed by atoms with Gasteiger partial charge in [0, 0.05) is 18.5 Å². The van der Waals surface area contributed by atoms with Crippen LogP contribution in [0.2, 0.25) is 0 Å². The van der Waals surface area contributed by atoms with E-state index in [4.69, 9.17) is 9.47 Å². The van der Waals surface area contributed by atoms with E-state index in [-0.39, 0.29) is 12.0 Å². The molecule has 0 saturated carbocycles. The Morgan fingerprint density at radius 3 is 2.72 bits per heavy atom. The lowest BCUT2D eigenvalue weighted by atomic mass is 10.1. The molecule has 29 heavy (non-hydrogen) atoms. The van der Waals surface area contributed by atoms with E-state index in [1.165, 1.54) is 0 Å². The Balaban J connectivity index is 1.46. The lowest BCUT2D eigenvalue weighted by molar-refractivity contribution is -0.116. The number of anilines is 1. The first-order valence-electron chi connectivity index (χ1n) is 9.83. The summed E-state index contributed by atoms with van der Waals surface area (Å²) in [5, 5.41) is 10.0. The molecule has 156 valence electrons. The molecule has 0 fully saturated rings. The number of carbonyl (C=O) groups excluding carboxylic acids is 2. The minimum Gasteiger partial charge on any atom is -0.494 e. The van der Waals surface area contributed by atoms with E-state index in [2.05, 4.69) is 15.5 Å². The van der Waals surface area contributed by atoms with Gasteiger partial charge in [-0.1, -0.05) is 18.2 Å². The summed E-state index contributed by atoms with van der Waals surface area (Å²) in [6, 6.07) is 9.52. The number of ether oxygens (including phenoxy) is 2. The molecule has 8 heteroatoms. The molecule has 0 saturated heterocycles. The third kappa shape index (κ3) is 5.97. The van der Waals surface area contributed by atoms with Crippen LogP contribution in [0.25, 0.3) is 0 Å². The lowest BCUT2D eigenvalue weighted by Crippen LogP contribution is -2.39. The minimum atomic E-state index is -0.533. The number of H-pyrrole nitrogens is 1. The first kappa shape index (κ1) is 20.7. The third-order valence-electron chi connectivity index (χ3n) is 4.40. The second-order valence-corrected chi connectivity index (χ2v) is 7.99. The van der Waals surface area contributed by atoms with Gasteiger partial charge in [-0.25, -0.2) is 4.79 Å². The van der Waals surface area contributed by atoms with Crippen LogP contribution in [0.15, 0.2) is 30.3 Å². The standard InChI is InChI=1S/C21H28N4O4/c1-21(2,3)29-20(27)25-12-11-16-17(14-25)23-24-19(16)22-18(26)10-7-13-28-15-8-5-4-6-9-15/h4-6,8-9H,7,10-14H2,1-3H3,(H2,22,23,24,26). The van der Waals surface area contributed by atoms with Crippen molar-refractivity contribution in [1.29, 1.82) is 0 Å². The first-order valence-corrected chi connectivity index (χ1v) is 9.83. The summed E-state index contributed by atoms with van der Waals surface area (Å²) in [6.45, 7) is 6.91. The zero-order valence-electron chi connectivity index (χ0n) is 17.2. The minimum absolute atomic E-state index is 0.106. The molecule has 8 nitrogen and oxygen atoms in total. The molecule has 0 aliphatic carbocycles. The molecular weight excluding hydrogens is 372 g/mol. The van der Waals surface area contributed by atoms with Crippen molar-refractivity contribution in [1.82, 2.24) is 15.1 Å². The van der Waals surface area contributed by atoms with Gasteiger partial charge in [0.1, 0.15) is 11.4 Å². The van der Waals surface area contributed by atoms with Crippen LogP contribution in [0.4, 0.5) is 10.6 Å². The molecule has 2 N–H and O–H groups in total. The van der Waals surface area contributed by atoms with Crippen LogP contribution in [0.5, 0.6) is 5.75 Å². The van der Waals surface area contributed by atoms with E-state index >= 15 is 0 Å². The summed E-state index contributed by atoms with van der Waals surface area (Å²) in [6.07, 6.45) is 1.22. The molecule has 0 spiro atoms. The highest BCUT2D eigenvalue weighted by Gasteiger charge is 2.28. The topological polar surface area (TPSA) is 96.6 Å². The van der Waals surface area contributed by atoms with Crippen molar-refractivity contribution in [2.24, 2.45) is 0 Å². The molecule has 1 aliphatic rings. The van der Waals surface area contributed by atoms with E-state index in [0.29, 0.717) is 44.8 Å². The number of nitrogens with zero attached hydrogens (tertiary/aromatic N) is 2. The van der Waals surface area contributed by atoms with E-state index in [1.54, 1.807) is 4.90 Å². The Morgan fingerprint density at radius 2 is 2.00 bits per heavy atom. The Kier molecular flexibility index (Phi) is 6.41. The number of fused-ring (bicyclic) bond motifs is 1. The van der Waals surface area contributed by atoms with Crippen LogP contribution < -0.4 is 10.1 Å². The summed E-state index contributed by atoms with van der Waals surface area (Å²) in [7, 11) is 0. The Hall–Kier alpha value is -3.03. The van der Waals surface area contributed by atoms with Crippen molar-refractivity contribution < 1.29 is 19.1 Å². The normalized spacial score (nSPS) is 13.6. The van der Waals surface area contributed by atoms with Gasteiger partial charge in [-0.05, 0) is 45.7 Å². The number of benzene rings is 1. The van der Waals surface area contributed by atoms with Crippen molar-refractivity contribution in [2.75, 3.05) is 18.5 Å². The van der Waals surface area contributed by atoms with Crippen molar-refractivity contribution >= 4 is 17.8 Å². The van der Waals surface area contributed by atoms with Crippen molar-refractivity contribution in [2.45, 2.75) is 52.2 Å². The number of hydrogen-bond acceptors (Lipinski definition) is 5. The first-order chi connectivity index (χ1) is 13.8. The number of aromatic amines is 1. The Morgan fingerprint density at radius 1 is 1.24 bits per heavy atom. The van der Waals surface area contributed by atoms with Crippen molar-refractivity contribution in [3.8, 4) is 5.75 Å². The van der Waals surface area contributed by atoms with Gasteiger partial charge < -0.3 is 19.7 Å². The summed E-state index contributed by atoms with van der Waals surface area (Å²) in [5.74, 6) is 1.23. The fourth-order valence-electron chi connectivity index (χ4n) is 3.04. The zero-order valence-corrected chi connectivity index (χ0v) is 17.2. The average molecular weight is 400 g/mol. The molecule has 2 amide bonds. The van der Waals surface area contributed by atoms with Gasteiger partial charge in [-0.15, -0.1) is 0 Å². The van der Waals surface area contributed by atoms with Gasteiger partial charge in [-0.3, -0.25) is 9.89 Å². The predicted octanol–water partition coefficient (Wildman–Crippen LogP) is 3.50. The Labute approximate surface area is 170 Å². The van der Waals surface area contributed by atoms with Crippen LogP contribution in [-0.2, 0) is 22.5 Å². The van der Waals surface area contributed by atoms with E-state index in [0.717, 1.165) is 17.0 Å². The number of rotatable bonds is 6. The molecule has 0 atom stereocenters. The predicted molar refractivity (Wildman–Crippen MR) is 109 cm³/mol. The average Bonchev–Trinajstić information content (AvgIpc) is 3.07. The van der Waals surface area contributed by atoms with Crippen molar-refractivity contribution in [3.05, 3.63) is 41.6 Å². The number of carbonyl (C=O) groups is 2. The van der Waals surface area contributed by atoms with E-state index in [9.17, 15) is 9.59 Å². The van der Waals surface area contributed by atoms with Crippen LogP contribution in [0.3, 0.4) is 0 Å². The lowest BCUT2D eigenvalue weighted by Gasteiger charge is -2.29. The quantitative estimate of drug-likeness (QED) is 0.724. The molecule has 1 aromatic carbocycles. The maximum Gasteiger partial charge on any atom is 0.410 e. The summed E-state index contributed by atoms with van der Waals surface area (Å²) in [4.78, 5) is 26.1. The molecule has 0 radical (unpaired) electrons. The summed E-state index contributed by atoms with van der Waals surface area (Å²) >= 11 is 0. The zero-order chi connectivity index (χ0) is 20.9. The molecule has 0 unspecified atom stereocenters. The van der Waals surface area contributed by atoms with Crippen LogP contribution in [0, 0.1) is 0 Å². The number of para-hydroxylation sites is 1. The summed E-state index contributed by atoms with van der Waals surface area (Å²) in [5.41, 5.74) is 1.23. The fourth-order valence-corrected chi connectivity index (χ4v) is 3.04. The van der Waals surface area contributed by atoms with Crippen LogP contribution >= 0.6 is 0 Å². The largest absolute Gasteiger partial charge is 0.494 e. The third-order valence-corrected chi connectivity index (χ3v) is 4.40. The second-order valence-electron chi connectivity index (χ2n) is 7.99. The highest BCUT2D eigenvalue weighted by Crippen LogP contribution is 2.25. The number of aromatic nitrogens is 2. The second kappa shape index (κ2) is 8.98. The van der Waals surface area contributed by atoms with Gasteiger partial charge >= 0.3 is 6.09 Å². The van der Waals surface area contributed by atoms with Crippen LogP contribution in [-0.4, -0.2) is 45.9 Å². The van der Waals surface area contributed by atoms with Gasteiger partial charge in [0.2, 0.25) is 5.91 Å². The van der Waals surface area contributed by atoms with Crippen LogP contribution in [0.1, 0.15) is 44.9 Å².